The van der Waals surface area contributed by atoms with E-state index < -0.39 is 0 Å². The average Bonchev–Trinajstić information content (AvgIpc) is 3.51. The van der Waals surface area contributed by atoms with Gasteiger partial charge in [0, 0.05) is 44.5 Å². The van der Waals surface area contributed by atoms with E-state index in [0.29, 0.717) is 12.5 Å². The minimum atomic E-state index is -0.175. The number of rotatable bonds is 4. The number of anilines is 1. The third-order valence-corrected chi connectivity index (χ3v) is 8.43. The fraction of sp³-hybridized carbons (Fsp3) is 0.536. The Labute approximate surface area is 197 Å². The van der Waals surface area contributed by atoms with Gasteiger partial charge in [0.1, 0.15) is 6.61 Å². The van der Waals surface area contributed by atoms with Crippen LogP contribution >= 0.6 is 0 Å². The molecule has 2 aliphatic heterocycles. The molecule has 1 saturated carbocycles. The van der Waals surface area contributed by atoms with Crippen molar-refractivity contribution >= 4 is 11.8 Å². The van der Waals surface area contributed by atoms with Crippen LogP contribution in [-0.4, -0.2) is 54.7 Å². The van der Waals surface area contributed by atoms with Gasteiger partial charge in [0.2, 0.25) is 0 Å². The number of benzene rings is 2. The van der Waals surface area contributed by atoms with E-state index in [-0.39, 0.29) is 12.1 Å². The van der Waals surface area contributed by atoms with Gasteiger partial charge < -0.3 is 14.5 Å². The maximum atomic E-state index is 13.0. The number of hydrogen-bond donors (Lipinski definition) is 0. The molecule has 2 unspecified atom stereocenters. The fourth-order valence-corrected chi connectivity index (χ4v) is 6.60. The lowest BCUT2D eigenvalue weighted by Crippen LogP contribution is -2.49. The molecule has 1 amide bonds. The highest BCUT2D eigenvalue weighted by Gasteiger charge is 2.41. The van der Waals surface area contributed by atoms with Crippen LogP contribution in [0.1, 0.15) is 67.2 Å². The largest absolute Gasteiger partial charge is 0.445 e. The van der Waals surface area contributed by atoms with Crippen molar-refractivity contribution in [3.05, 3.63) is 65.2 Å². The van der Waals surface area contributed by atoms with Crippen LogP contribution < -0.4 is 4.90 Å². The van der Waals surface area contributed by atoms with Crippen LogP contribution in [0.3, 0.4) is 0 Å². The van der Waals surface area contributed by atoms with Crippen molar-refractivity contribution in [1.29, 1.82) is 0 Å². The summed E-state index contributed by atoms with van der Waals surface area (Å²) in [4.78, 5) is 20.2. The van der Waals surface area contributed by atoms with Crippen molar-refractivity contribution in [2.45, 2.75) is 63.1 Å². The van der Waals surface area contributed by atoms with Crippen molar-refractivity contribution in [2.75, 3.05) is 37.6 Å². The van der Waals surface area contributed by atoms with Gasteiger partial charge in [-0.15, -0.1) is 0 Å². The molecule has 2 aliphatic carbocycles. The quantitative estimate of drug-likeness (QED) is 0.638. The molecule has 5 nitrogen and oxygen atoms in total. The van der Waals surface area contributed by atoms with E-state index in [1.165, 1.54) is 55.6 Å². The van der Waals surface area contributed by atoms with Crippen molar-refractivity contribution in [3.63, 3.8) is 0 Å². The number of amides is 1. The number of piperazine rings is 1. The first kappa shape index (κ1) is 21.0. The van der Waals surface area contributed by atoms with Crippen LogP contribution in [0, 0.1) is 0 Å². The molecule has 0 N–H and O–H groups in total. The highest BCUT2D eigenvalue weighted by Crippen LogP contribution is 2.50. The minimum Gasteiger partial charge on any atom is -0.445 e. The number of hydrogen-bond acceptors (Lipinski definition) is 4. The molecule has 0 aromatic heterocycles. The van der Waals surface area contributed by atoms with Crippen LogP contribution in [0.5, 0.6) is 0 Å². The molecular weight excluding hydrogens is 410 g/mol. The van der Waals surface area contributed by atoms with Crippen molar-refractivity contribution in [3.8, 4) is 0 Å². The van der Waals surface area contributed by atoms with Crippen molar-refractivity contribution in [2.24, 2.45) is 0 Å². The van der Waals surface area contributed by atoms with Crippen LogP contribution in [0.4, 0.5) is 10.5 Å². The van der Waals surface area contributed by atoms with E-state index in [4.69, 9.17) is 4.74 Å². The number of nitrogens with zero attached hydrogens (tertiary/aromatic N) is 3. The summed E-state index contributed by atoms with van der Waals surface area (Å²) in [5.41, 5.74) is 5.16. The molecule has 4 aliphatic rings. The lowest BCUT2D eigenvalue weighted by Gasteiger charge is -2.39. The molecule has 0 spiro atoms. The first-order chi connectivity index (χ1) is 16.3. The van der Waals surface area contributed by atoms with Gasteiger partial charge in [-0.25, -0.2) is 4.79 Å². The predicted octanol–water partition coefficient (Wildman–Crippen LogP) is 5.32. The molecule has 2 atom stereocenters. The van der Waals surface area contributed by atoms with Crippen molar-refractivity contribution < 1.29 is 9.53 Å². The Bertz CT molecular complexity index is 980. The number of likely N-dealkylation sites (tertiary alicyclic amines) is 1. The Morgan fingerprint density at radius 3 is 2.45 bits per heavy atom. The van der Waals surface area contributed by atoms with Crippen LogP contribution in [0.15, 0.2) is 48.5 Å². The molecule has 3 fully saturated rings. The zero-order valence-electron chi connectivity index (χ0n) is 19.5. The van der Waals surface area contributed by atoms with Crippen LogP contribution in [-0.2, 0) is 11.3 Å². The summed E-state index contributed by atoms with van der Waals surface area (Å²) in [6, 6.07) is 18.0. The molecule has 2 aromatic carbocycles. The fourth-order valence-electron chi connectivity index (χ4n) is 6.60. The van der Waals surface area contributed by atoms with Gasteiger partial charge in [-0.2, -0.15) is 0 Å². The number of carbonyl (C=O) groups excluding carboxylic acids is 1. The second-order valence-electron chi connectivity index (χ2n) is 10.2. The molecule has 2 bridgehead atoms. The molecule has 2 heterocycles. The molecule has 2 aromatic rings. The second-order valence-corrected chi connectivity index (χ2v) is 10.2. The van der Waals surface area contributed by atoms with Crippen LogP contribution in [0.25, 0.3) is 0 Å². The topological polar surface area (TPSA) is 36.0 Å². The maximum absolute atomic E-state index is 13.0. The Balaban J connectivity index is 1.14. The molecule has 5 heteroatoms. The molecule has 174 valence electrons. The van der Waals surface area contributed by atoms with E-state index in [1.807, 2.05) is 35.2 Å². The number of piperidine rings is 1. The summed E-state index contributed by atoms with van der Waals surface area (Å²) >= 11 is 0. The summed E-state index contributed by atoms with van der Waals surface area (Å²) < 4.78 is 5.71. The molecule has 0 radical (unpaired) electrons. The summed E-state index contributed by atoms with van der Waals surface area (Å²) in [5, 5.41) is 0. The normalized spacial score (nSPS) is 25.3. The van der Waals surface area contributed by atoms with E-state index in [0.717, 1.165) is 44.1 Å². The van der Waals surface area contributed by atoms with Crippen LogP contribution in [0.2, 0.25) is 0 Å². The van der Waals surface area contributed by atoms with E-state index in [1.54, 1.807) is 0 Å². The molecule has 2 saturated heterocycles. The average molecular weight is 446 g/mol. The lowest BCUT2D eigenvalue weighted by atomic mass is 9.96. The number of fused-ring (bicyclic) bond motifs is 5. The number of carbonyl (C=O) groups is 1. The van der Waals surface area contributed by atoms with Gasteiger partial charge in [0.05, 0.1) is 6.04 Å². The zero-order valence-corrected chi connectivity index (χ0v) is 19.5. The SMILES string of the molecule is O=C(OCc1ccccc1)N1CCC2CC1c1cc(N3CCN(C4CCCC4)CC3)ccc12. The van der Waals surface area contributed by atoms with Gasteiger partial charge in [-0.1, -0.05) is 49.2 Å². The summed E-state index contributed by atoms with van der Waals surface area (Å²) in [7, 11) is 0. The van der Waals surface area contributed by atoms with Crippen molar-refractivity contribution in [1.82, 2.24) is 9.80 Å². The van der Waals surface area contributed by atoms with Gasteiger partial charge in [0.15, 0.2) is 0 Å². The Morgan fingerprint density at radius 1 is 0.879 bits per heavy atom. The predicted molar refractivity (Wildman–Crippen MR) is 131 cm³/mol. The Kier molecular flexibility index (Phi) is 5.75. The third kappa shape index (κ3) is 4.12. The first-order valence-electron chi connectivity index (χ1n) is 12.9. The minimum absolute atomic E-state index is 0.154. The smallest absolute Gasteiger partial charge is 0.410 e. The summed E-state index contributed by atoms with van der Waals surface area (Å²) in [6.07, 6.45) is 7.48. The van der Waals surface area contributed by atoms with E-state index in [2.05, 4.69) is 28.0 Å². The van der Waals surface area contributed by atoms with Gasteiger partial charge in [-0.3, -0.25) is 4.90 Å². The third-order valence-electron chi connectivity index (χ3n) is 8.43. The first-order valence-corrected chi connectivity index (χ1v) is 12.9. The summed E-state index contributed by atoms with van der Waals surface area (Å²) in [5.74, 6) is 0.580. The Hall–Kier alpha value is -2.53. The Morgan fingerprint density at radius 2 is 1.67 bits per heavy atom. The summed E-state index contributed by atoms with van der Waals surface area (Å²) in [6.45, 7) is 5.67. The molecule has 6 rings (SSSR count). The highest BCUT2D eigenvalue weighted by molar-refractivity contribution is 5.70. The highest BCUT2D eigenvalue weighted by atomic mass is 16.6. The van der Waals surface area contributed by atoms with E-state index >= 15 is 0 Å². The monoisotopic (exact) mass is 445 g/mol. The number of ether oxygens (including phenoxy) is 1. The lowest BCUT2D eigenvalue weighted by molar-refractivity contribution is 0.0694. The molecular formula is C28H35N3O2. The standard InChI is InChI=1S/C28H35N3O2/c32-28(33-20-21-6-2-1-3-7-21)31-13-12-22-18-27(31)26-19-24(10-11-25(22)26)30-16-14-29(15-17-30)23-8-4-5-9-23/h1-3,6-7,10-11,19,22-23,27H,4-5,8-9,12-18,20H2. The van der Waals surface area contributed by atoms with E-state index in [9.17, 15) is 4.79 Å². The maximum Gasteiger partial charge on any atom is 0.410 e. The zero-order chi connectivity index (χ0) is 22.2. The second kappa shape index (κ2) is 9.02. The van der Waals surface area contributed by atoms with Gasteiger partial charge in [0.25, 0.3) is 0 Å². The molecule has 33 heavy (non-hydrogen) atoms. The van der Waals surface area contributed by atoms with Gasteiger partial charge >= 0.3 is 6.09 Å². The van der Waals surface area contributed by atoms with Gasteiger partial charge in [-0.05, 0) is 60.4 Å².